The Morgan fingerprint density at radius 1 is 1.75 bits per heavy atom. The molecule has 1 nitrogen and oxygen atoms in total. The molecule has 0 aromatic heterocycles. The Labute approximate surface area is 42.1 Å². The Morgan fingerprint density at radius 2 is 1.75 bits per heavy atom. The van der Waals surface area contributed by atoms with Crippen LogP contribution in [-0.2, 0) is 24.3 Å². The molecule has 1 radical (unpaired) electrons. The molecule has 0 aliphatic rings. The largest absolute Gasteiger partial charge is 0.525 e. The van der Waals surface area contributed by atoms with Gasteiger partial charge in [-0.3, -0.25) is 0 Å². The summed E-state index contributed by atoms with van der Waals surface area (Å²) in [5.41, 5.74) is 0. The zero-order valence-electron chi connectivity index (χ0n) is 1.62. The molecule has 0 aromatic carbocycles. The third-order valence-corrected chi connectivity index (χ3v) is 0. The molecule has 0 amide bonds. The Kier molecular flexibility index (Phi) is 21.0. The van der Waals surface area contributed by atoms with Crippen molar-refractivity contribution in [2.24, 2.45) is 0 Å². The molecule has 0 aliphatic carbocycles. The predicted octanol–water partition coefficient (Wildman–Crippen LogP) is 0.290. The van der Waals surface area contributed by atoms with Gasteiger partial charge in [0.2, 0.25) is 0 Å². The zero-order chi connectivity index (χ0) is 2.71. The fourth-order valence-electron chi connectivity index (χ4n) is 0. The van der Waals surface area contributed by atoms with Gasteiger partial charge in [-0.25, -0.2) is 0 Å². The molecule has 3 heteroatoms. The molecule has 0 spiro atoms. The van der Waals surface area contributed by atoms with E-state index in [1.807, 2.05) is 0 Å². The van der Waals surface area contributed by atoms with E-state index in [0.717, 1.165) is 5.75 Å². The first kappa shape index (κ1) is 8.82. The average molecular weight is 166 g/mol. The van der Waals surface area contributed by atoms with E-state index in [-0.39, 0.29) is 19.5 Å². The first-order chi connectivity index (χ1) is 1.41. The first-order valence-electron chi connectivity index (χ1n) is 0.393. The van der Waals surface area contributed by atoms with E-state index >= 15 is 0 Å². The molecule has 0 saturated heterocycles. The van der Waals surface area contributed by atoms with Crippen molar-refractivity contribution in [3.05, 3.63) is 0 Å². The zero-order valence-corrected chi connectivity index (χ0v) is 4.01. The molecule has 27 valence electrons. The SMILES string of the molecule is O=[C-]Cl.[Rh]. The summed E-state index contributed by atoms with van der Waals surface area (Å²) in [5, 5.41) is 0. The van der Waals surface area contributed by atoms with E-state index in [4.69, 9.17) is 4.79 Å². The van der Waals surface area contributed by atoms with Crippen LogP contribution < -0.4 is 0 Å². The minimum atomic E-state index is 0. The van der Waals surface area contributed by atoms with Gasteiger partial charge in [-0.05, 0) is 0 Å². The molecule has 0 heterocycles. The van der Waals surface area contributed by atoms with Gasteiger partial charge in [-0.1, -0.05) is 0 Å². The Morgan fingerprint density at radius 3 is 1.75 bits per heavy atom. The van der Waals surface area contributed by atoms with Crippen molar-refractivity contribution in [2.75, 3.05) is 0 Å². The average Bonchev–Trinajstić information content (AvgIpc) is 0.918. The summed E-state index contributed by atoms with van der Waals surface area (Å²) < 4.78 is 0. The molecule has 0 rings (SSSR count). The predicted molar refractivity (Wildman–Crippen MR) is 11.5 cm³/mol. The van der Waals surface area contributed by atoms with Crippen molar-refractivity contribution in [3.8, 4) is 0 Å². The molecule has 0 aliphatic heterocycles. The fourth-order valence-corrected chi connectivity index (χ4v) is 0. The third-order valence-electron chi connectivity index (χ3n) is 0. The summed E-state index contributed by atoms with van der Waals surface area (Å²) in [6, 6.07) is 0. The van der Waals surface area contributed by atoms with Gasteiger partial charge in [-0.15, -0.1) is 0 Å². The van der Waals surface area contributed by atoms with E-state index in [1.165, 1.54) is 0 Å². The smallest absolute Gasteiger partial charge is 0 e. The minimum absolute atomic E-state index is 0. The second-order valence-corrected chi connectivity index (χ2v) is 0.231. The van der Waals surface area contributed by atoms with Crippen molar-refractivity contribution >= 4 is 17.3 Å². The monoisotopic (exact) mass is 166 g/mol. The Hall–Kier alpha value is 0.583. The van der Waals surface area contributed by atoms with Crippen molar-refractivity contribution in [3.63, 3.8) is 0 Å². The molecule has 0 unspecified atom stereocenters. The number of rotatable bonds is 0. The van der Waals surface area contributed by atoms with Crippen LogP contribution in [0, 0.1) is 0 Å². The summed E-state index contributed by atoms with van der Waals surface area (Å²) in [5.74, 6) is 0.972. The van der Waals surface area contributed by atoms with Crippen molar-refractivity contribution in [2.45, 2.75) is 0 Å². The van der Waals surface area contributed by atoms with Gasteiger partial charge < -0.3 is 16.4 Å². The summed E-state index contributed by atoms with van der Waals surface area (Å²) in [6.45, 7) is 0. The molecule has 0 atom stereocenters. The van der Waals surface area contributed by atoms with Gasteiger partial charge in [0.25, 0.3) is 0 Å². The molecule has 0 fully saturated rings. The Balaban J connectivity index is 0. The molecule has 0 N–H and O–H groups in total. The van der Waals surface area contributed by atoms with Crippen LogP contribution in [0.15, 0.2) is 0 Å². The molecule has 0 saturated carbocycles. The molecular formula is CClORh-. The molecule has 4 heavy (non-hydrogen) atoms. The summed E-state index contributed by atoms with van der Waals surface area (Å²) in [4.78, 5) is 8.45. The van der Waals surface area contributed by atoms with Gasteiger partial charge in [0.1, 0.15) is 0 Å². The standard InChI is InChI=1S/CClO.Rh/c2-1-3;/q-1;. The minimum Gasteiger partial charge on any atom is -0.525 e. The summed E-state index contributed by atoms with van der Waals surface area (Å²) in [7, 11) is 0. The molecule has 0 aromatic rings. The topological polar surface area (TPSA) is 17.1 Å². The van der Waals surface area contributed by atoms with Crippen LogP contribution >= 0.6 is 11.6 Å². The number of hydrogen-bond donors (Lipinski definition) is 0. The van der Waals surface area contributed by atoms with Crippen molar-refractivity contribution in [1.29, 1.82) is 0 Å². The Bertz CT molecular complexity index is 15.5. The summed E-state index contributed by atoms with van der Waals surface area (Å²) in [6.07, 6.45) is 0. The van der Waals surface area contributed by atoms with Crippen LogP contribution in [-0.4, -0.2) is 5.75 Å². The van der Waals surface area contributed by atoms with Crippen LogP contribution in [0.1, 0.15) is 0 Å². The van der Waals surface area contributed by atoms with Gasteiger partial charge in [0.15, 0.2) is 0 Å². The second-order valence-electron chi connectivity index (χ2n) is 0.0772. The molecule has 0 bridgehead atoms. The van der Waals surface area contributed by atoms with Crippen molar-refractivity contribution in [1.82, 2.24) is 0 Å². The number of hydrogen-bond acceptors (Lipinski definition) is 1. The van der Waals surface area contributed by atoms with Crippen LogP contribution in [0.3, 0.4) is 0 Å². The van der Waals surface area contributed by atoms with Crippen LogP contribution in [0.2, 0.25) is 0 Å². The van der Waals surface area contributed by atoms with Gasteiger partial charge in [0.05, 0.1) is 0 Å². The maximum absolute atomic E-state index is 8.45. The van der Waals surface area contributed by atoms with E-state index < -0.39 is 0 Å². The quantitative estimate of drug-likeness (QED) is 0.287. The fraction of sp³-hybridized carbons (Fsp3) is 0. The maximum Gasteiger partial charge on any atom is 0 e. The van der Waals surface area contributed by atoms with E-state index in [2.05, 4.69) is 11.6 Å². The van der Waals surface area contributed by atoms with E-state index in [0.29, 0.717) is 0 Å². The first-order valence-corrected chi connectivity index (χ1v) is 0.771. The van der Waals surface area contributed by atoms with E-state index in [9.17, 15) is 0 Å². The summed E-state index contributed by atoms with van der Waals surface area (Å²) >= 11 is 4.19. The van der Waals surface area contributed by atoms with Crippen LogP contribution in [0.25, 0.3) is 0 Å². The van der Waals surface area contributed by atoms with Crippen molar-refractivity contribution < 1.29 is 24.3 Å². The van der Waals surface area contributed by atoms with Gasteiger partial charge >= 0.3 is 0 Å². The second kappa shape index (κ2) is 9.54. The number of halogens is 1. The van der Waals surface area contributed by atoms with Gasteiger partial charge in [-0.2, -0.15) is 5.75 Å². The number of carbonyl (C=O) groups excluding carboxylic acids is 1. The maximum atomic E-state index is 8.45. The van der Waals surface area contributed by atoms with Crippen LogP contribution in [0.4, 0.5) is 0 Å². The van der Waals surface area contributed by atoms with Gasteiger partial charge in [0, 0.05) is 19.5 Å². The third kappa shape index (κ3) is 19.0. The van der Waals surface area contributed by atoms with E-state index in [1.54, 1.807) is 0 Å². The normalized spacial score (nSPS) is 3.25. The van der Waals surface area contributed by atoms with Crippen LogP contribution in [0.5, 0.6) is 0 Å². The molecular weight excluding hydrogens is 166 g/mol.